The Hall–Kier alpha value is -3.51. The van der Waals surface area contributed by atoms with Crippen LogP contribution < -0.4 is 10.2 Å². The maximum absolute atomic E-state index is 13.6. The molecule has 3 N–H and O–H groups in total. The Morgan fingerprint density at radius 3 is 2.38 bits per heavy atom. The predicted molar refractivity (Wildman–Crippen MR) is 155 cm³/mol. The summed E-state index contributed by atoms with van der Waals surface area (Å²) in [5.74, 6) is -1.12. The molecule has 2 atom stereocenters. The Balaban J connectivity index is 1.56. The first-order valence-electron chi connectivity index (χ1n) is 14.0. The highest BCUT2D eigenvalue weighted by Gasteiger charge is 2.32. The van der Waals surface area contributed by atoms with Gasteiger partial charge >= 0.3 is 13.7 Å². The van der Waals surface area contributed by atoms with Crippen LogP contribution in [0.1, 0.15) is 30.3 Å². The first-order valence-corrected chi connectivity index (χ1v) is 15.8. The number of nitrogens with zero attached hydrogens (tertiary/aromatic N) is 4. The highest BCUT2D eigenvalue weighted by Crippen LogP contribution is 2.35. The molecule has 2 aliphatic rings. The van der Waals surface area contributed by atoms with Gasteiger partial charge in [0, 0.05) is 57.6 Å². The Morgan fingerprint density at radius 1 is 1.07 bits per heavy atom. The summed E-state index contributed by atoms with van der Waals surface area (Å²) in [5.41, 5.74) is 2.24. The van der Waals surface area contributed by atoms with Crippen molar-refractivity contribution in [1.82, 2.24) is 20.1 Å². The Bertz CT molecular complexity index is 1300. The molecule has 1 aromatic carbocycles. The average Bonchev–Trinajstić information content (AvgIpc) is 3.48. The number of carbonyl (C=O) groups excluding carboxylic acids is 3. The minimum Gasteiger partial charge on any atom is -0.450 e. The molecule has 14 heteroatoms. The van der Waals surface area contributed by atoms with Crippen LogP contribution in [-0.4, -0.2) is 114 Å². The number of anilines is 1. The SMILES string of the molecule is CCOC(=O)N1CCN(C(=O)[C@@H](CCP(=O)(O)O)NC(=O)c2cc(N3CC[C@H](OC)C3)cc(-c3ccccc3)n2)CC1. The number of rotatable bonds is 10. The van der Waals surface area contributed by atoms with E-state index in [0.29, 0.717) is 12.2 Å². The van der Waals surface area contributed by atoms with Crippen LogP contribution >= 0.6 is 7.60 Å². The second-order valence-corrected chi connectivity index (χ2v) is 12.0. The van der Waals surface area contributed by atoms with E-state index >= 15 is 0 Å². The third-order valence-corrected chi connectivity index (χ3v) is 8.23. The predicted octanol–water partition coefficient (Wildman–Crippen LogP) is 1.94. The number of hydrogen-bond donors (Lipinski definition) is 3. The van der Waals surface area contributed by atoms with E-state index in [-0.39, 0.29) is 51.0 Å². The van der Waals surface area contributed by atoms with Crippen LogP contribution in [0.15, 0.2) is 42.5 Å². The second kappa shape index (κ2) is 14.1. The lowest BCUT2D eigenvalue weighted by Crippen LogP contribution is -2.56. The standard InChI is InChI=1S/C28H38N5O8P/c1-3-41-28(36)32-14-12-31(13-15-32)27(35)23(10-16-42(37,38)39)30-26(34)25-18-21(33-11-9-22(19-33)40-2)17-24(29-25)20-7-5-4-6-8-20/h4-8,17-18,22-23H,3,9-16,19H2,1-2H3,(H,30,34)(H2,37,38,39)/t22-,23+/m0/s1. The molecule has 0 saturated carbocycles. The van der Waals surface area contributed by atoms with Gasteiger partial charge in [0.15, 0.2) is 0 Å². The molecular weight excluding hydrogens is 565 g/mol. The van der Waals surface area contributed by atoms with Crippen molar-refractivity contribution in [2.24, 2.45) is 0 Å². The van der Waals surface area contributed by atoms with Crippen molar-refractivity contribution in [2.75, 3.05) is 64.0 Å². The number of ether oxygens (including phenoxy) is 2. The van der Waals surface area contributed by atoms with Gasteiger partial charge in [0.25, 0.3) is 5.91 Å². The fourth-order valence-corrected chi connectivity index (χ4v) is 5.65. The molecule has 228 valence electrons. The summed E-state index contributed by atoms with van der Waals surface area (Å²) >= 11 is 0. The molecular formula is C28H38N5O8P. The monoisotopic (exact) mass is 603 g/mol. The van der Waals surface area contributed by atoms with Crippen LogP contribution in [-0.2, 0) is 18.8 Å². The highest BCUT2D eigenvalue weighted by atomic mass is 31.2. The van der Waals surface area contributed by atoms with Gasteiger partial charge in [-0.1, -0.05) is 30.3 Å². The molecule has 0 radical (unpaired) electrons. The molecule has 13 nitrogen and oxygen atoms in total. The van der Waals surface area contributed by atoms with Gasteiger partial charge in [-0.3, -0.25) is 14.2 Å². The van der Waals surface area contributed by atoms with E-state index in [1.165, 1.54) is 9.80 Å². The second-order valence-electron chi connectivity index (χ2n) is 10.3. The molecule has 3 heterocycles. The van der Waals surface area contributed by atoms with E-state index in [2.05, 4.69) is 15.2 Å². The number of hydrogen-bond acceptors (Lipinski definition) is 8. The van der Waals surface area contributed by atoms with Crippen molar-refractivity contribution in [3.63, 3.8) is 0 Å². The van der Waals surface area contributed by atoms with Crippen molar-refractivity contribution >= 4 is 31.2 Å². The molecule has 42 heavy (non-hydrogen) atoms. The van der Waals surface area contributed by atoms with E-state index in [1.807, 2.05) is 36.4 Å². The van der Waals surface area contributed by atoms with Crippen LogP contribution in [0.4, 0.5) is 10.5 Å². The first-order chi connectivity index (χ1) is 20.1. The summed E-state index contributed by atoms with van der Waals surface area (Å²) in [6, 6.07) is 11.8. The van der Waals surface area contributed by atoms with Crippen LogP contribution in [0.2, 0.25) is 0 Å². The average molecular weight is 604 g/mol. The lowest BCUT2D eigenvalue weighted by molar-refractivity contribution is -0.134. The van der Waals surface area contributed by atoms with E-state index in [9.17, 15) is 28.7 Å². The quantitative estimate of drug-likeness (QED) is 0.342. The van der Waals surface area contributed by atoms with Crippen molar-refractivity contribution < 1.29 is 38.2 Å². The molecule has 0 spiro atoms. The zero-order chi connectivity index (χ0) is 30.3. The minimum absolute atomic E-state index is 0.0644. The lowest BCUT2D eigenvalue weighted by Gasteiger charge is -2.36. The highest BCUT2D eigenvalue weighted by molar-refractivity contribution is 7.51. The number of piperazine rings is 1. The van der Waals surface area contributed by atoms with E-state index in [4.69, 9.17) is 9.47 Å². The number of pyridine rings is 1. The summed E-state index contributed by atoms with van der Waals surface area (Å²) in [6.07, 6.45) is -0.412. The summed E-state index contributed by atoms with van der Waals surface area (Å²) in [6.45, 7) is 4.21. The summed E-state index contributed by atoms with van der Waals surface area (Å²) in [4.78, 5) is 67.8. The Morgan fingerprint density at radius 2 is 1.76 bits per heavy atom. The molecule has 0 bridgehead atoms. The third kappa shape index (κ3) is 8.28. The van der Waals surface area contributed by atoms with Crippen molar-refractivity contribution in [3.05, 3.63) is 48.2 Å². The van der Waals surface area contributed by atoms with E-state index < -0.39 is 37.7 Å². The topological polar surface area (TPSA) is 162 Å². The van der Waals surface area contributed by atoms with Crippen molar-refractivity contribution in [3.8, 4) is 11.3 Å². The normalized spacial score (nSPS) is 18.1. The molecule has 1 aromatic heterocycles. The van der Waals surface area contributed by atoms with Gasteiger partial charge in [-0.25, -0.2) is 9.78 Å². The van der Waals surface area contributed by atoms with Crippen LogP contribution in [0.3, 0.4) is 0 Å². The van der Waals surface area contributed by atoms with Crippen molar-refractivity contribution in [1.29, 1.82) is 0 Å². The van der Waals surface area contributed by atoms with Gasteiger partial charge in [0.2, 0.25) is 5.91 Å². The molecule has 2 aromatic rings. The smallest absolute Gasteiger partial charge is 0.409 e. The summed E-state index contributed by atoms with van der Waals surface area (Å²) in [7, 11) is -2.78. The summed E-state index contributed by atoms with van der Waals surface area (Å²) in [5, 5.41) is 2.69. The molecule has 4 rings (SSSR count). The molecule has 2 saturated heterocycles. The molecule has 2 aliphatic heterocycles. The minimum atomic E-state index is -4.45. The maximum Gasteiger partial charge on any atom is 0.409 e. The number of nitrogens with one attached hydrogen (secondary N) is 1. The van der Waals surface area contributed by atoms with Gasteiger partial charge in [-0.15, -0.1) is 0 Å². The fraction of sp³-hybridized carbons (Fsp3) is 0.500. The number of methoxy groups -OCH3 is 1. The third-order valence-electron chi connectivity index (χ3n) is 7.39. The molecule has 0 unspecified atom stereocenters. The van der Waals surface area contributed by atoms with Gasteiger partial charge < -0.3 is 39.3 Å². The molecule has 2 fully saturated rings. The number of amides is 3. The number of carbonyl (C=O) groups is 3. The van der Waals surface area contributed by atoms with Gasteiger partial charge in [-0.2, -0.15) is 0 Å². The van der Waals surface area contributed by atoms with Gasteiger partial charge in [0.05, 0.1) is 24.6 Å². The first kappa shape index (κ1) is 31.4. The summed E-state index contributed by atoms with van der Waals surface area (Å²) < 4.78 is 22.2. The van der Waals surface area contributed by atoms with Crippen LogP contribution in [0, 0.1) is 0 Å². The van der Waals surface area contributed by atoms with Crippen LogP contribution in [0.5, 0.6) is 0 Å². The van der Waals surface area contributed by atoms with Crippen LogP contribution in [0.25, 0.3) is 11.3 Å². The largest absolute Gasteiger partial charge is 0.450 e. The molecule has 3 amide bonds. The van der Waals surface area contributed by atoms with E-state index in [0.717, 1.165) is 24.2 Å². The Labute approximate surface area is 244 Å². The fourth-order valence-electron chi connectivity index (χ4n) is 5.06. The lowest BCUT2D eigenvalue weighted by atomic mass is 10.1. The number of aromatic nitrogens is 1. The van der Waals surface area contributed by atoms with Gasteiger partial charge in [0.1, 0.15) is 11.7 Å². The molecule has 0 aliphatic carbocycles. The van der Waals surface area contributed by atoms with E-state index in [1.54, 1.807) is 20.1 Å². The maximum atomic E-state index is 13.6. The van der Waals surface area contributed by atoms with Gasteiger partial charge in [-0.05, 0) is 31.9 Å². The zero-order valence-corrected chi connectivity index (χ0v) is 24.7. The zero-order valence-electron chi connectivity index (χ0n) is 23.8. The van der Waals surface area contributed by atoms with Crippen molar-refractivity contribution in [2.45, 2.75) is 31.9 Å². The Kier molecular flexibility index (Phi) is 10.6. The number of benzene rings is 1.